The van der Waals surface area contributed by atoms with Crippen molar-refractivity contribution in [1.29, 1.82) is 0 Å². The minimum Gasteiger partial charge on any atom is -0.300 e. The van der Waals surface area contributed by atoms with E-state index in [9.17, 15) is 0 Å². The second kappa shape index (κ2) is 5.41. The molecule has 0 saturated carbocycles. The molecule has 74 valence electrons. The van der Waals surface area contributed by atoms with Gasteiger partial charge in [0.2, 0.25) is 0 Å². The molecule has 1 heterocycles. The van der Waals surface area contributed by atoms with Gasteiger partial charge < -0.3 is 0 Å². The summed E-state index contributed by atoms with van der Waals surface area (Å²) in [5, 5.41) is 3.30. The fraction of sp³-hybridized carbons (Fsp3) is 0.417. The van der Waals surface area contributed by atoms with Crippen molar-refractivity contribution in [2.45, 2.75) is 26.3 Å². The molecule has 0 aromatic carbocycles. The van der Waals surface area contributed by atoms with Gasteiger partial charge in [0.1, 0.15) is 0 Å². The maximum absolute atomic E-state index is 5.47. The molecule has 0 amide bonds. The van der Waals surface area contributed by atoms with Gasteiger partial charge in [-0.05, 0) is 26.0 Å². The Kier molecular flexibility index (Phi) is 4.15. The zero-order chi connectivity index (χ0) is 10.4. The van der Waals surface area contributed by atoms with Crippen LogP contribution in [-0.4, -0.2) is 11.5 Å². The van der Waals surface area contributed by atoms with E-state index in [4.69, 9.17) is 6.42 Å². The average Bonchev–Trinajstić information content (AvgIpc) is 2.21. The third-order valence-electron chi connectivity index (χ3n) is 2.12. The SMILES string of the molecule is C#CC(NCCC)c1cccnc1C. The van der Waals surface area contributed by atoms with Crippen LogP contribution in [0.25, 0.3) is 0 Å². The van der Waals surface area contributed by atoms with Crippen LogP contribution in [0.1, 0.15) is 30.6 Å². The molecule has 0 aliphatic heterocycles. The Labute approximate surface area is 85.8 Å². The Morgan fingerprint density at radius 2 is 2.43 bits per heavy atom. The number of aryl methyl sites for hydroxylation is 1. The van der Waals surface area contributed by atoms with E-state index in [0.29, 0.717) is 0 Å². The Balaban J connectivity index is 2.80. The highest BCUT2D eigenvalue weighted by atomic mass is 14.9. The summed E-state index contributed by atoms with van der Waals surface area (Å²) >= 11 is 0. The largest absolute Gasteiger partial charge is 0.300 e. The van der Waals surface area contributed by atoms with Gasteiger partial charge in [-0.3, -0.25) is 10.3 Å². The third kappa shape index (κ3) is 2.58. The summed E-state index contributed by atoms with van der Waals surface area (Å²) in [5.41, 5.74) is 2.10. The standard InChI is InChI=1S/C12H16N2/c1-4-8-14-12(5-2)11-7-6-9-13-10(11)3/h2,6-7,9,12,14H,4,8H2,1,3H3. The lowest BCUT2D eigenvalue weighted by molar-refractivity contribution is 0.622. The highest BCUT2D eigenvalue weighted by Crippen LogP contribution is 2.14. The first-order valence-corrected chi connectivity index (χ1v) is 4.90. The first kappa shape index (κ1) is 10.7. The van der Waals surface area contributed by atoms with Gasteiger partial charge in [-0.25, -0.2) is 0 Å². The number of nitrogens with one attached hydrogen (secondary N) is 1. The van der Waals surface area contributed by atoms with E-state index in [1.165, 1.54) is 0 Å². The first-order chi connectivity index (χ1) is 6.79. The van der Waals surface area contributed by atoms with E-state index in [1.807, 2.05) is 19.1 Å². The smallest absolute Gasteiger partial charge is 0.0960 e. The van der Waals surface area contributed by atoms with E-state index in [1.54, 1.807) is 6.20 Å². The molecule has 1 rings (SSSR count). The van der Waals surface area contributed by atoms with Gasteiger partial charge in [0.15, 0.2) is 0 Å². The molecule has 1 unspecified atom stereocenters. The van der Waals surface area contributed by atoms with Crippen molar-refractivity contribution in [2.24, 2.45) is 0 Å². The van der Waals surface area contributed by atoms with E-state index in [-0.39, 0.29) is 6.04 Å². The van der Waals surface area contributed by atoms with Crippen LogP contribution in [0.3, 0.4) is 0 Å². The average molecular weight is 188 g/mol. The maximum Gasteiger partial charge on any atom is 0.0960 e. The molecule has 0 spiro atoms. The summed E-state index contributed by atoms with van der Waals surface area (Å²) in [5.74, 6) is 2.74. The molecule has 1 N–H and O–H groups in total. The maximum atomic E-state index is 5.47. The first-order valence-electron chi connectivity index (χ1n) is 4.90. The van der Waals surface area contributed by atoms with Gasteiger partial charge in [-0.15, -0.1) is 6.42 Å². The van der Waals surface area contributed by atoms with Crippen LogP contribution in [0, 0.1) is 19.3 Å². The van der Waals surface area contributed by atoms with Crippen molar-refractivity contribution < 1.29 is 0 Å². The van der Waals surface area contributed by atoms with Gasteiger partial charge in [0.25, 0.3) is 0 Å². The van der Waals surface area contributed by atoms with Crippen LogP contribution in [-0.2, 0) is 0 Å². The minimum absolute atomic E-state index is 0.0105. The predicted molar refractivity (Wildman–Crippen MR) is 58.8 cm³/mol. The Bertz CT molecular complexity index is 325. The second-order valence-corrected chi connectivity index (χ2v) is 3.23. The number of terminal acetylenes is 1. The number of aromatic nitrogens is 1. The highest BCUT2D eigenvalue weighted by Gasteiger charge is 2.09. The molecule has 1 aromatic heterocycles. The molecule has 0 fully saturated rings. The summed E-state index contributed by atoms with van der Waals surface area (Å²) in [6.07, 6.45) is 8.34. The van der Waals surface area contributed by atoms with Crippen LogP contribution in [0.4, 0.5) is 0 Å². The minimum atomic E-state index is -0.0105. The van der Waals surface area contributed by atoms with Gasteiger partial charge in [0, 0.05) is 17.5 Å². The fourth-order valence-electron chi connectivity index (χ4n) is 1.35. The van der Waals surface area contributed by atoms with Gasteiger partial charge in [-0.1, -0.05) is 18.9 Å². The van der Waals surface area contributed by atoms with Gasteiger partial charge in [-0.2, -0.15) is 0 Å². The molecule has 0 bridgehead atoms. The van der Waals surface area contributed by atoms with Crippen molar-refractivity contribution in [3.05, 3.63) is 29.6 Å². The fourth-order valence-corrected chi connectivity index (χ4v) is 1.35. The molecule has 0 aliphatic carbocycles. The molecule has 1 atom stereocenters. The summed E-state index contributed by atoms with van der Waals surface area (Å²) in [7, 11) is 0. The monoisotopic (exact) mass is 188 g/mol. The highest BCUT2D eigenvalue weighted by molar-refractivity contribution is 5.28. The van der Waals surface area contributed by atoms with Crippen LogP contribution in [0.5, 0.6) is 0 Å². The van der Waals surface area contributed by atoms with Crippen molar-refractivity contribution in [2.75, 3.05) is 6.54 Å². The van der Waals surface area contributed by atoms with Crippen LogP contribution in [0.2, 0.25) is 0 Å². The molecular formula is C12H16N2. The molecule has 0 radical (unpaired) electrons. The normalized spacial score (nSPS) is 12.1. The molecule has 0 saturated heterocycles. The lowest BCUT2D eigenvalue weighted by atomic mass is 10.1. The summed E-state index contributed by atoms with van der Waals surface area (Å²) < 4.78 is 0. The summed E-state index contributed by atoms with van der Waals surface area (Å²) in [4.78, 5) is 4.22. The van der Waals surface area contributed by atoms with E-state index >= 15 is 0 Å². The van der Waals surface area contributed by atoms with Crippen molar-refractivity contribution >= 4 is 0 Å². The van der Waals surface area contributed by atoms with E-state index in [0.717, 1.165) is 24.2 Å². The van der Waals surface area contributed by atoms with E-state index < -0.39 is 0 Å². The number of rotatable bonds is 4. The van der Waals surface area contributed by atoms with Crippen molar-refractivity contribution in [3.63, 3.8) is 0 Å². The molecule has 2 nitrogen and oxygen atoms in total. The second-order valence-electron chi connectivity index (χ2n) is 3.23. The molecular weight excluding hydrogens is 172 g/mol. The zero-order valence-electron chi connectivity index (χ0n) is 8.75. The number of pyridine rings is 1. The molecule has 2 heteroatoms. The van der Waals surface area contributed by atoms with Gasteiger partial charge in [0.05, 0.1) is 6.04 Å². The summed E-state index contributed by atoms with van der Waals surface area (Å²) in [6.45, 7) is 5.03. The Hall–Kier alpha value is -1.33. The van der Waals surface area contributed by atoms with Crippen LogP contribution < -0.4 is 5.32 Å². The van der Waals surface area contributed by atoms with Crippen molar-refractivity contribution in [3.8, 4) is 12.3 Å². The van der Waals surface area contributed by atoms with Crippen molar-refractivity contribution in [1.82, 2.24) is 10.3 Å². The van der Waals surface area contributed by atoms with Crippen LogP contribution >= 0.6 is 0 Å². The van der Waals surface area contributed by atoms with Crippen LogP contribution in [0.15, 0.2) is 18.3 Å². The molecule has 0 aliphatic rings. The quantitative estimate of drug-likeness (QED) is 0.732. The summed E-state index contributed by atoms with van der Waals surface area (Å²) in [6, 6.07) is 3.93. The Morgan fingerprint density at radius 3 is 3.00 bits per heavy atom. The topological polar surface area (TPSA) is 24.9 Å². The number of hydrogen-bond acceptors (Lipinski definition) is 2. The third-order valence-corrected chi connectivity index (χ3v) is 2.12. The number of hydrogen-bond donors (Lipinski definition) is 1. The Morgan fingerprint density at radius 1 is 1.64 bits per heavy atom. The van der Waals surface area contributed by atoms with E-state index in [2.05, 4.69) is 23.1 Å². The lowest BCUT2D eigenvalue weighted by Crippen LogP contribution is -2.21. The predicted octanol–water partition coefficient (Wildman–Crippen LogP) is 2.06. The zero-order valence-corrected chi connectivity index (χ0v) is 8.75. The van der Waals surface area contributed by atoms with Gasteiger partial charge >= 0.3 is 0 Å². The number of nitrogens with zero attached hydrogens (tertiary/aromatic N) is 1. The lowest BCUT2D eigenvalue weighted by Gasteiger charge is -2.14. The molecule has 1 aromatic rings. The molecule has 14 heavy (non-hydrogen) atoms.